The summed E-state index contributed by atoms with van der Waals surface area (Å²) in [6.07, 6.45) is 8.62. The predicted octanol–water partition coefficient (Wildman–Crippen LogP) is 2.17. The van der Waals surface area contributed by atoms with Gasteiger partial charge >= 0.3 is 0 Å². The molecule has 0 fully saturated rings. The van der Waals surface area contributed by atoms with E-state index in [9.17, 15) is 4.79 Å². The second-order valence-corrected chi connectivity index (χ2v) is 4.12. The van der Waals surface area contributed by atoms with E-state index in [4.69, 9.17) is 11.6 Å². The minimum absolute atomic E-state index is 0.517. The third-order valence-electron chi connectivity index (χ3n) is 2.30. The van der Waals surface area contributed by atoms with Gasteiger partial charge in [-0.3, -0.25) is 14.8 Å². The highest BCUT2D eigenvalue weighted by Crippen LogP contribution is 2.20. The Balaban J connectivity index is 3.17. The molecule has 15 heavy (non-hydrogen) atoms. The second kappa shape index (κ2) is 4.11. The highest BCUT2D eigenvalue weighted by atomic mass is 35.5. The Bertz CT molecular complexity index is 373. The SMILES string of the molecule is C=NC1(C)C=CC=CC(C)(C(=O)Cl)N=C1. The fourth-order valence-corrected chi connectivity index (χ4v) is 1.17. The van der Waals surface area contributed by atoms with Crippen molar-refractivity contribution in [2.24, 2.45) is 9.98 Å². The summed E-state index contributed by atoms with van der Waals surface area (Å²) in [5, 5.41) is -0.517. The van der Waals surface area contributed by atoms with Crippen LogP contribution < -0.4 is 0 Å². The number of hydrogen-bond donors (Lipinski definition) is 0. The zero-order valence-electron chi connectivity index (χ0n) is 8.77. The van der Waals surface area contributed by atoms with Crippen LogP contribution in [0.5, 0.6) is 0 Å². The summed E-state index contributed by atoms with van der Waals surface area (Å²) >= 11 is 5.49. The van der Waals surface area contributed by atoms with E-state index in [1.165, 1.54) is 0 Å². The molecule has 2 atom stereocenters. The average molecular weight is 225 g/mol. The molecular weight excluding hydrogens is 212 g/mol. The van der Waals surface area contributed by atoms with Crippen LogP contribution in [0.15, 0.2) is 34.3 Å². The van der Waals surface area contributed by atoms with Crippen LogP contribution in [0, 0.1) is 0 Å². The van der Waals surface area contributed by atoms with Crippen LogP contribution in [0.2, 0.25) is 0 Å². The predicted molar refractivity (Wildman–Crippen MR) is 64.0 cm³/mol. The normalized spacial score (nSPS) is 34.6. The number of rotatable bonds is 2. The molecule has 2 unspecified atom stereocenters. The minimum atomic E-state index is -1.02. The fourth-order valence-electron chi connectivity index (χ4n) is 1.05. The van der Waals surface area contributed by atoms with Crippen LogP contribution in [-0.4, -0.2) is 29.3 Å². The maximum absolute atomic E-state index is 11.2. The number of aliphatic imine (C=N–C) groups is 2. The maximum Gasteiger partial charge on any atom is 0.252 e. The van der Waals surface area contributed by atoms with Gasteiger partial charge in [0.15, 0.2) is 0 Å². The van der Waals surface area contributed by atoms with Gasteiger partial charge in [-0.1, -0.05) is 18.2 Å². The van der Waals surface area contributed by atoms with Crippen molar-refractivity contribution in [3.8, 4) is 0 Å². The second-order valence-electron chi connectivity index (χ2n) is 3.78. The quantitative estimate of drug-likeness (QED) is 0.524. The number of halogens is 1. The molecule has 0 aromatic rings. The van der Waals surface area contributed by atoms with Crippen molar-refractivity contribution < 1.29 is 4.79 Å². The smallest absolute Gasteiger partial charge is 0.252 e. The third kappa shape index (κ3) is 2.63. The van der Waals surface area contributed by atoms with E-state index in [-0.39, 0.29) is 0 Å². The van der Waals surface area contributed by atoms with E-state index in [1.54, 1.807) is 31.4 Å². The van der Waals surface area contributed by atoms with Gasteiger partial charge in [0.2, 0.25) is 0 Å². The van der Waals surface area contributed by atoms with Gasteiger partial charge in [-0.25, -0.2) is 0 Å². The summed E-state index contributed by atoms with van der Waals surface area (Å²) in [5.74, 6) is 0. The first-order chi connectivity index (χ1) is 6.92. The molecule has 0 N–H and O–H groups in total. The Morgan fingerprint density at radius 3 is 2.53 bits per heavy atom. The third-order valence-corrected chi connectivity index (χ3v) is 2.68. The first-order valence-electron chi connectivity index (χ1n) is 4.53. The number of nitrogens with zero attached hydrogens (tertiary/aromatic N) is 2. The van der Waals surface area contributed by atoms with Crippen LogP contribution in [0.1, 0.15) is 13.8 Å². The summed E-state index contributed by atoms with van der Waals surface area (Å²) in [5.41, 5.74) is -1.60. The monoisotopic (exact) mass is 224 g/mol. The van der Waals surface area contributed by atoms with Gasteiger partial charge in [0, 0.05) is 6.21 Å². The Hall–Kier alpha value is -1.22. The lowest BCUT2D eigenvalue weighted by Crippen LogP contribution is -2.31. The number of hydrogen-bond acceptors (Lipinski definition) is 3. The highest BCUT2D eigenvalue weighted by Gasteiger charge is 2.29. The summed E-state index contributed by atoms with van der Waals surface area (Å²) in [7, 11) is 0. The van der Waals surface area contributed by atoms with Crippen molar-refractivity contribution >= 4 is 29.8 Å². The molecule has 0 aromatic heterocycles. The molecule has 1 aliphatic heterocycles. The Labute approximate surface area is 94.3 Å². The van der Waals surface area contributed by atoms with Gasteiger partial charge < -0.3 is 0 Å². The van der Waals surface area contributed by atoms with Crippen molar-refractivity contribution in [1.29, 1.82) is 0 Å². The van der Waals surface area contributed by atoms with Crippen LogP contribution in [-0.2, 0) is 4.79 Å². The number of carbonyl (C=O) groups excluding carboxylic acids is 1. The Kier molecular flexibility index (Phi) is 3.25. The average Bonchev–Trinajstić information content (AvgIpc) is 2.19. The summed E-state index contributed by atoms with van der Waals surface area (Å²) in [6, 6.07) is 0. The molecule has 1 rings (SSSR count). The van der Waals surface area contributed by atoms with E-state index >= 15 is 0 Å². The summed E-state index contributed by atoms with van der Waals surface area (Å²) in [6.45, 7) is 6.98. The lowest BCUT2D eigenvalue weighted by Gasteiger charge is -2.21. The Morgan fingerprint density at radius 2 is 2.00 bits per heavy atom. The number of carbonyl (C=O) groups is 1. The van der Waals surface area contributed by atoms with Crippen LogP contribution in [0.4, 0.5) is 0 Å². The molecule has 3 nitrogen and oxygen atoms in total. The first kappa shape index (κ1) is 11.9. The van der Waals surface area contributed by atoms with Crippen LogP contribution in [0.3, 0.4) is 0 Å². The van der Waals surface area contributed by atoms with Gasteiger partial charge in [-0.15, -0.1) is 0 Å². The molecule has 0 aromatic carbocycles. The molecule has 0 saturated carbocycles. The minimum Gasteiger partial charge on any atom is -0.285 e. The molecule has 0 bridgehead atoms. The van der Waals surface area contributed by atoms with Gasteiger partial charge in [0.1, 0.15) is 11.1 Å². The molecule has 0 radical (unpaired) electrons. The fraction of sp³-hybridized carbons (Fsp3) is 0.364. The first-order valence-corrected chi connectivity index (χ1v) is 4.91. The molecule has 80 valence electrons. The van der Waals surface area contributed by atoms with Crippen molar-refractivity contribution in [3.63, 3.8) is 0 Å². The largest absolute Gasteiger partial charge is 0.285 e. The van der Waals surface area contributed by atoms with Crippen LogP contribution in [0.25, 0.3) is 0 Å². The molecule has 1 aliphatic rings. The molecule has 0 aliphatic carbocycles. The summed E-state index contributed by atoms with van der Waals surface area (Å²) < 4.78 is 0. The standard InChI is InChI=1S/C11H13ClN2O/c1-10(13-3)6-4-5-7-11(2,9(12)15)14-8-10/h4-8H,3H2,1-2H3. The zero-order valence-corrected chi connectivity index (χ0v) is 9.53. The van der Waals surface area contributed by atoms with E-state index < -0.39 is 16.3 Å². The van der Waals surface area contributed by atoms with Crippen molar-refractivity contribution in [3.05, 3.63) is 24.3 Å². The van der Waals surface area contributed by atoms with Gasteiger partial charge in [0.25, 0.3) is 5.24 Å². The Morgan fingerprint density at radius 1 is 1.40 bits per heavy atom. The van der Waals surface area contributed by atoms with E-state index in [0.717, 1.165) is 0 Å². The van der Waals surface area contributed by atoms with E-state index in [1.807, 2.05) is 13.0 Å². The lowest BCUT2D eigenvalue weighted by atomic mass is 9.99. The summed E-state index contributed by atoms with van der Waals surface area (Å²) in [4.78, 5) is 19.3. The topological polar surface area (TPSA) is 41.8 Å². The van der Waals surface area contributed by atoms with Crippen molar-refractivity contribution in [2.45, 2.75) is 24.9 Å². The van der Waals surface area contributed by atoms with Crippen molar-refractivity contribution in [2.75, 3.05) is 0 Å². The van der Waals surface area contributed by atoms with E-state index in [0.29, 0.717) is 0 Å². The molecule has 0 saturated heterocycles. The van der Waals surface area contributed by atoms with Gasteiger partial charge in [-0.05, 0) is 38.2 Å². The lowest BCUT2D eigenvalue weighted by molar-refractivity contribution is -0.114. The van der Waals surface area contributed by atoms with E-state index in [2.05, 4.69) is 16.7 Å². The van der Waals surface area contributed by atoms with Gasteiger partial charge in [0.05, 0.1) is 0 Å². The molecular formula is C11H13ClN2O. The van der Waals surface area contributed by atoms with Crippen molar-refractivity contribution in [1.82, 2.24) is 0 Å². The number of allylic oxidation sites excluding steroid dienone is 2. The zero-order chi connectivity index (χ0) is 11.5. The molecule has 0 spiro atoms. The molecule has 1 heterocycles. The highest BCUT2D eigenvalue weighted by molar-refractivity contribution is 6.66. The van der Waals surface area contributed by atoms with Crippen LogP contribution >= 0.6 is 11.6 Å². The molecule has 0 amide bonds. The molecule has 4 heteroatoms. The van der Waals surface area contributed by atoms with Gasteiger partial charge in [-0.2, -0.15) is 0 Å². The maximum atomic E-state index is 11.2.